The van der Waals surface area contributed by atoms with Gasteiger partial charge in [0.1, 0.15) is 11.5 Å². The maximum absolute atomic E-state index is 12.8. The summed E-state index contributed by atoms with van der Waals surface area (Å²) in [6.45, 7) is 1.77. The first-order chi connectivity index (χ1) is 10.9. The number of halogens is 3. The molecule has 3 aromatic rings. The van der Waals surface area contributed by atoms with Crippen LogP contribution in [0.5, 0.6) is 5.88 Å². The highest BCUT2D eigenvalue weighted by atomic mass is 19.4. The summed E-state index contributed by atoms with van der Waals surface area (Å²) in [6.07, 6.45) is -4.20. The molecule has 1 N–H and O–H groups in total. The van der Waals surface area contributed by atoms with Gasteiger partial charge in [0.25, 0.3) is 0 Å². The van der Waals surface area contributed by atoms with E-state index in [-0.39, 0.29) is 12.3 Å². The summed E-state index contributed by atoms with van der Waals surface area (Å²) in [5.74, 6) is 0.902. The Bertz CT molecular complexity index is 858. The summed E-state index contributed by atoms with van der Waals surface area (Å²) in [4.78, 5) is 15.7. The number of fused-ring (bicyclic) bond motifs is 1. The van der Waals surface area contributed by atoms with Crippen LogP contribution >= 0.6 is 0 Å². The van der Waals surface area contributed by atoms with Crippen molar-refractivity contribution in [3.63, 3.8) is 0 Å². The Morgan fingerprint density at radius 3 is 2.65 bits per heavy atom. The lowest BCUT2D eigenvalue weighted by Crippen LogP contribution is -2.06. The SMILES string of the molecule is COc1nc2nc(C)[nH]c2nc1Cc1cccc(C(F)(F)F)c1. The Kier molecular flexibility index (Phi) is 3.67. The number of benzene rings is 1. The van der Waals surface area contributed by atoms with Crippen molar-refractivity contribution < 1.29 is 17.9 Å². The Balaban J connectivity index is 2.00. The number of rotatable bonds is 3. The zero-order valence-electron chi connectivity index (χ0n) is 12.4. The molecule has 0 bridgehead atoms. The van der Waals surface area contributed by atoms with E-state index < -0.39 is 11.7 Å². The maximum atomic E-state index is 12.8. The second-order valence-corrected chi connectivity index (χ2v) is 5.05. The van der Waals surface area contributed by atoms with Gasteiger partial charge in [-0.2, -0.15) is 18.2 Å². The van der Waals surface area contributed by atoms with Gasteiger partial charge in [0, 0.05) is 6.42 Å². The van der Waals surface area contributed by atoms with Crippen LogP contribution in [0.3, 0.4) is 0 Å². The van der Waals surface area contributed by atoms with Crippen LogP contribution in [0.4, 0.5) is 13.2 Å². The van der Waals surface area contributed by atoms with Crippen LogP contribution in [0.2, 0.25) is 0 Å². The van der Waals surface area contributed by atoms with Crippen molar-refractivity contribution in [1.82, 2.24) is 19.9 Å². The predicted molar refractivity (Wildman–Crippen MR) is 77.2 cm³/mol. The topological polar surface area (TPSA) is 63.7 Å². The van der Waals surface area contributed by atoms with Crippen molar-refractivity contribution in [2.24, 2.45) is 0 Å². The van der Waals surface area contributed by atoms with Crippen LogP contribution in [-0.4, -0.2) is 27.0 Å². The molecule has 1 aromatic carbocycles. The number of methoxy groups -OCH3 is 1. The Hall–Kier alpha value is -2.64. The molecule has 0 fully saturated rings. The van der Waals surface area contributed by atoms with Gasteiger partial charge in [-0.3, -0.25) is 0 Å². The van der Waals surface area contributed by atoms with Gasteiger partial charge < -0.3 is 9.72 Å². The summed E-state index contributed by atoms with van der Waals surface area (Å²) < 4.78 is 43.6. The van der Waals surface area contributed by atoms with Crippen molar-refractivity contribution in [2.75, 3.05) is 7.11 Å². The highest BCUT2D eigenvalue weighted by Crippen LogP contribution is 2.30. The number of nitrogens with one attached hydrogen (secondary N) is 1. The van der Waals surface area contributed by atoms with E-state index >= 15 is 0 Å². The van der Waals surface area contributed by atoms with E-state index in [1.807, 2.05) is 0 Å². The first kappa shape index (κ1) is 15.3. The summed E-state index contributed by atoms with van der Waals surface area (Å²) >= 11 is 0. The average Bonchev–Trinajstić information content (AvgIpc) is 2.85. The maximum Gasteiger partial charge on any atom is 0.416 e. The molecular weight excluding hydrogens is 309 g/mol. The molecule has 0 unspecified atom stereocenters. The zero-order chi connectivity index (χ0) is 16.6. The highest BCUT2D eigenvalue weighted by Gasteiger charge is 2.30. The van der Waals surface area contributed by atoms with E-state index in [1.165, 1.54) is 13.2 Å². The number of nitrogens with zero attached hydrogens (tertiary/aromatic N) is 3. The summed E-state index contributed by atoms with van der Waals surface area (Å²) in [6, 6.07) is 5.12. The number of aryl methyl sites for hydroxylation is 1. The minimum absolute atomic E-state index is 0.175. The van der Waals surface area contributed by atoms with Crippen molar-refractivity contribution in [2.45, 2.75) is 19.5 Å². The normalized spacial score (nSPS) is 11.9. The molecule has 2 aromatic heterocycles. The van der Waals surface area contributed by atoms with Crippen LogP contribution in [0.1, 0.15) is 22.6 Å². The highest BCUT2D eigenvalue weighted by molar-refractivity contribution is 5.66. The van der Waals surface area contributed by atoms with Gasteiger partial charge in [-0.15, -0.1) is 0 Å². The van der Waals surface area contributed by atoms with Crippen molar-refractivity contribution in [3.05, 3.63) is 46.9 Å². The van der Waals surface area contributed by atoms with Crippen LogP contribution in [-0.2, 0) is 12.6 Å². The number of aromatic nitrogens is 4. The number of H-pyrrole nitrogens is 1. The molecule has 0 aliphatic carbocycles. The summed E-state index contributed by atoms with van der Waals surface area (Å²) in [5.41, 5.74) is 1.11. The molecule has 0 aliphatic heterocycles. The lowest BCUT2D eigenvalue weighted by Gasteiger charge is -2.10. The quantitative estimate of drug-likeness (QED) is 0.804. The third-order valence-electron chi connectivity index (χ3n) is 3.31. The molecule has 0 radical (unpaired) electrons. The van der Waals surface area contributed by atoms with Gasteiger partial charge in [-0.05, 0) is 18.6 Å². The molecule has 0 aliphatic rings. The molecular formula is C15H13F3N4O. The third kappa shape index (κ3) is 3.10. The number of hydrogen-bond donors (Lipinski definition) is 1. The second-order valence-electron chi connectivity index (χ2n) is 5.05. The number of imidazole rings is 1. The van der Waals surface area contributed by atoms with Crippen LogP contribution in [0.15, 0.2) is 24.3 Å². The molecule has 5 nitrogen and oxygen atoms in total. The van der Waals surface area contributed by atoms with Gasteiger partial charge in [-0.1, -0.05) is 18.2 Å². The summed E-state index contributed by atoms with van der Waals surface area (Å²) in [7, 11) is 1.44. The summed E-state index contributed by atoms with van der Waals surface area (Å²) in [5, 5.41) is 0. The first-order valence-electron chi connectivity index (χ1n) is 6.80. The lowest BCUT2D eigenvalue weighted by atomic mass is 10.1. The van der Waals surface area contributed by atoms with E-state index in [0.29, 0.717) is 28.4 Å². The van der Waals surface area contributed by atoms with E-state index in [0.717, 1.165) is 12.1 Å². The van der Waals surface area contributed by atoms with Gasteiger partial charge in [-0.25, -0.2) is 9.97 Å². The van der Waals surface area contributed by atoms with E-state index in [4.69, 9.17) is 4.74 Å². The van der Waals surface area contributed by atoms with Crippen LogP contribution in [0.25, 0.3) is 11.3 Å². The first-order valence-corrected chi connectivity index (χ1v) is 6.80. The number of ether oxygens (including phenoxy) is 1. The predicted octanol–water partition coefficient (Wildman–Crippen LogP) is 3.28. The molecule has 0 saturated carbocycles. The fourth-order valence-electron chi connectivity index (χ4n) is 2.30. The van der Waals surface area contributed by atoms with Gasteiger partial charge >= 0.3 is 6.18 Å². The lowest BCUT2D eigenvalue weighted by molar-refractivity contribution is -0.137. The van der Waals surface area contributed by atoms with Gasteiger partial charge in [0.15, 0.2) is 5.65 Å². The van der Waals surface area contributed by atoms with Gasteiger partial charge in [0.2, 0.25) is 11.5 Å². The van der Waals surface area contributed by atoms with Crippen LogP contribution in [0, 0.1) is 6.92 Å². The van der Waals surface area contributed by atoms with Gasteiger partial charge in [0.05, 0.1) is 12.7 Å². The second kappa shape index (κ2) is 5.53. The largest absolute Gasteiger partial charge is 0.480 e. The van der Waals surface area contributed by atoms with E-state index in [9.17, 15) is 13.2 Å². The molecule has 0 atom stereocenters. The number of aromatic amines is 1. The monoisotopic (exact) mass is 322 g/mol. The molecule has 0 saturated heterocycles. The zero-order valence-corrected chi connectivity index (χ0v) is 12.4. The average molecular weight is 322 g/mol. The Labute approximate surface area is 129 Å². The number of alkyl halides is 3. The Morgan fingerprint density at radius 2 is 1.96 bits per heavy atom. The van der Waals surface area contributed by atoms with Crippen LogP contribution < -0.4 is 4.74 Å². The van der Waals surface area contributed by atoms with E-state index in [1.54, 1.807) is 13.0 Å². The fourth-order valence-corrected chi connectivity index (χ4v) is 2.30. The molecule has 0 spiro atoms. The van der Waals surface area contributed by atoms with E-state index in [2.05, 4.69) is 19.9 Å². The third-order valence-corrected chi connectivity index (χ3v) is 3.31. The molecule has 120 valence electrons. The van der Waals surface area contributed by atoms with Crippen molar-refractivity contribution in [1.29, 1.82) is 0 Å². The molecule has 0 amide bonds. The minimum atomic E-state index is -4.38. The molecule has 8 heteroatoms. The molecule has 2 heterocycles. The Morgan fingerprint density at radius 1 is 1.17 bits per heavy atom. The smallest absolute Gasteiger partial charge is 0.416 e. The molecule has 3 rings (SSSR count). The standard InChI is InChI=1S/C15H13F3N4O/c1-8-19-12-13(20-8)22-14(23-2)11(21-12)7-9-4-3-5-10(6-9)15(16,17)18/h3-6H,7H2,1-2H3,(H,19,20,21,22). The minimum Gasteiger partial charge on any atom is -0.480 e. The van der Waals surface area contributed by atoms with Crippen molar-refractivity contribution >= 4 is 11.3 Å². The molecule has 23 heavy (non-hydrogen) atoms. The number of hydrogen-bond acceptors (Lipinski definition) is 4. The fraction of sp³-hybridized carbons (Fsp3) is 0.267. The van der Waals surface area contributed by atoms with Crippen molar-refractivity contribution in [3.8, 4) is 5.88 Å².